The van der Waals surface area contributed by atoms with E-state index < -0.39 is 6.10 Å². The predicted octanol–water partition coefficient (Wildman–Crippen LogP) is 3.40. The van der Waals surface area contributed by atoms with E-state index in [0.717, 1.165) is 5.56 Å². The Kier molecular flexibility index (Phi) is 3.80. The van der Waals surface area contributed by atoms with E-state index in [-0.39, 0.29) is 11.7 Å². The lowest BCUT2D eigenvalue weighted by atomic mass is 9.89. The maximum absolute atomic E-state index is 10.4. The molecule has 0 bridgehead atoms. The minimum Gasteiger partial charge on any atom is -0.508 e. The van der Waals surface area contributed by atoms with E-state index >= 15 is 0 Å². The van der Waals surface area contributed by atoms with Gasteiger partial charge >= 0.3 is 0 Å². The molecule has 2 atom stereocenters. The molecule has 0 heterocycles. The lowest BCUT2D eigenvalue weighted by molar-refractivity contribution is 0.160. The smallest absolute Gasteiger partial charge is 0.119 e. The second kappa shape index (κ2) is 5.52. The Hall–Kier alpha value is -2.06. The highest BCUT2D eigenvalue weighted by Crippen LogP contribution is 2.35. The Morgan fingerprint density at radius 3 is 2.17 bits per heavy atom. The average Bonchev–Trinajstić information content (AvgIpc) is 2.42. The fourth-order valence-electron chi connectivity index (χ4n) is 2.05. The Labute approximate surface area is 107 Å². The number of rotatable bonds is 4. The Bertz CT molecular complexity index is 520. The quantitative estimate of drug-likeness (QED) is 0.804. The summed E-state index contributed by atoms with van der Waals surface area (Å²) in [6.45, 7) is 3.75. The first-order valence-corrected chi connectivity index (χ1v) is 5.87. The van der Waals surface area contributed by atoms with Gasteiger partial charge in [0.2, 0.25) is 0 Å². The van der Waals surface area contributed by atoms with Crippen LogP contribution in [-0.4, -0.2) is 10.2 Å². The van der Waals surface area contributed by atoms with Gasteiger partial charge in [0.25, 0.3) is 0 Å². The lowest BCUT2D eigenvalue weighted by Crippen LogP contribution is -2.08. The van der Waals surface area contributed by atoms with Crippen LogP contribution < -0.4 is 0 Å². The third kappa shape index (κ3) is 2.44. The standard InChI is InChI=1S/C16H16O2/c1-2-13(14-10-6-7-11-15(14)17)16(18)12-8-4-3-5-9-12/h2-11,13,16-18H,1H2/t13-,16+/m0/s1. The van der Waals surface area contributed by atoms with Crippen LogP contribution in [0.15, 0.2) is 67.3 Å². The van der Waals surface area contributed by atoms with Gasteiger partial charge < -0.3 is 10.2 Å². The lowest BCUT2D eigenvalue weighted by Gasteiger charge is -2.21. The SMILES string of the molecule is C=C[C@@H](c1ccccc1O)[C@H](O)c1ccccc1. The monoisotopic (exact) mass is 240 g/mol. The van der Waals surface area contributed by atoms with E-state index in [9.17, 15) is 10.2 Å². The number of hydrogen-bond acceptors (Lipinski definition) is 2. The van der Waals surface area contributed by atoms with Gasteiger partial charge in [0, 0.05) is 11.5 Å². The van der Waals surface area contributed by atoms with Gasteiger partial charge in [-0.25, -0.2) is 0 Å². The van der Waals surface area contributed by atoms with Crippen molar-refractivity contribution in [2.45, 2.75) is 12.0 Å². The van der Waals surface area contributed by atoms with Crippen molar-refractivity contribution < 1.29 is 10.2 Å². The molecule has 2 rings (SSSR count). The molecule has 2 nitrogen and oxygen atoms in total. The van der Waals surface area contributed by atoms with Crippen molar-refractivity contribution in [1.29, 1.82) is 0 Å². The van der Waals surface area contributed by atoms with Gasteiger partial charge in [-0.05, 0) is 11.6 Å². The van der Waals surface area contributed by atoms with Crippen LogP contribution in [0.4, 0.5) is 0 Å². The number of aromatic hydroxyl groups is 1. The van der Waals surface area contributed by atoms with Crippen molar-refractivity contribution in [1.82, 2.24) is 0 Å². The molecular weight excluding hydrogens is 224 g/mol. The van der Waals surface area contributed by atoms with Crippen LogP contribution in [0.25, 0.3) is 0 Å². The third-order valence-electron chi connectivity index (χ3n) is 3.03. The molecule has 0 fully saturated rings. The summed E-state index contributed by atoms with van der Waals surface area (Å²) >= 11 is 0. The highest BCUT2D eigenvalue weighted by molar-refractivity contribution is 5.39. The second-order valence-corrected chi connectivity index (χ2v) is 4.18. The van der Waals surface area contributed by atoms with Crippen LogP contribution in [0.3, 0.4) is 0 Å². The molecule has 2 N–H and O–H groups in total. The molecule has 2 aromatic rings. The molecule has 92 valence electrons. The molecular formula is C16H16O2. The Balaban J connectivity index is 2.35. The minimum atomic E-state index is -0.711. The van der Waals surface area contributed by atoms with Crippen molar-refractivity contribution >= 4 is 0 Å². The Morgan fingerprint density at radius 2 is 1.56 bits per heavy atom. The molecule has 0 amide bonds. The fourth-order valence-corrected chi connectivity index (χ4v) is 2.05. The number of aliphatic hydroxyl groups is 1. The van der Waals surface area contributed by atoms with Gasteiger partial charge in [0.1, 0.15) is 5.75 Å². The van der Waals surface area contributed by atoms with Crippen LogP contribution in [-0.2, 0) is 0 Å². The van der Waals surface area contributed by atoms with Crippen LogP contribution in [0.1, 0.15) is 23.1 Å². The average molecular weight is 240 g/mol. The number of benzene rings is 2. The van der Waals surface area contributed by atoms with Crippen LogP contribution >= 0.6 is 0 Å². The number of aliphatic hydroxyl groups excluding tert-OH is 1. The normalized spacial score (nSPS) is 13.8. The summed E-state index contributed by atoms with van der Waals surface area (Å²) in [6.07, 6.45) is 0.948. The topological polar surface area (TPSA) is 40.5 Å². The van der Waals surface area contributed by atoms with E-state index in [1.165, 1.54) is 0 Å². The largest absolute Gasteiger partial charge is 0.508 e. The van der Waals surface area contributed by atoms with Crippen LogP contribution in [0.5, 0.6) is 5.75 Å². The summed E-state index contributed by atoms with van der Waals surface area (Å²) in [5.74, 6) is -0.147. The molecule has 0 spiro atoms. The maximum Gasteiger partial charge on any atom is 0.119 e. The van der Waals surface area contributed by atoms with Crippen molar-refractivity contribution in [2.24, 2.45) is 0 Å². The molecule has 0 aliphatic carbocycles. The van der Waals surface area contributed by atoms with Gasteiger partial charge in [0.05, 0.1) is 6.10 Å². The zero-order valence-corrected chi connectivity index (χ0v) is 10.0. The first-order chi connectivity index (χ1) is 8.74. The highest BCUT2D eigenvalue weighted by atomic mass is 16.3. The Morgan fingerprint density at radius 1 is 0.944 bits per heavy atom. The number of phenols is 1. The van der Waals surface area contributed by atoms with Crippen molar-refractivity contribution in [3.63, 3.8) is 0 Å². The molecule has 18 heavy (non-hydrogen) atoms. The molecule has 2 heteroatoms. The molecule has 0 saturated carbocycles. The van der Waals surface area contributed by atoms with Gasteiger partial charge in [-0.2, -0.15) is 0 Å². The van der Waals surface area contributed by atoms with E-state index in [0.29, 0.717) is 5.56 Å². The van der Waals surface area contributed by atoms with Gasteiger partial charge in [-0.15, -0.1) is 6.58 Å². The van der Waals surface area contributed by atoms with Crippen molar-refractivity contribution in [2.75, 3.05) is 0 Å². The number of phenolic OH excluding ortho intramolecular Hbond substituents is 1. The molecule has 0 unspecified atom stereocenters. The first kappa shape index (κ1) is 12.4. The molecule has 0 aliphatic rings. The number of para-hydroxylation sites is 1. The van der Waals surface area contributed by atoms with Crippen molar-refractivity contribution in [3.05, 3.63) is 78.4 Å². The number of hydrogen-bond donors (Lipinski definition) is 2. The van der Waals surface area contributed by atoms with E-state index in [2.05, 4.69) is 6.58 Å². The molecule has 0 radical (unpaired) electrons. The molecule has 0 aromatic heterocycles. The second-order valence-electron chi connectivity index (χ2n) is 4.18. The highest BCUT2D eigenvalue weighted by Gasteiger charge is 2.21. The van der Waals surface area contributed by atoms with Gasteiger partial charge in [-0.1, -0.05) is 54.6 Å². The van der Waals surface area contributed by atoms with Crippen molar-refractivity contribution in [3.8, 4) is 5.75 Å². The third-order valence-corrected chi connectivity index (χ3v) is 3.03. The summed E-state index contributed by atoms with van der Waals surface area (Å²) in [5.41, 5.74) is 1.49. The molecule has 0 saturated heterocycles. The van der Waals surface area contributed by atoms with Crippen LogP contribution in [0.2, 0.25) is 0 Å². The predicted molar refractivity (Wildman–Crippen MR) is 72.4 cm³/mol. The van der Waals surface area contributed by atoms with Gasteiger partial charge in [0.15, 0.2) is 0 Å². The zero-order valence-electron chi connectivity index (χ0n) is 10.0. The summed E-state index contributed by atoms with van der Waals surface area (Å²) in [7, 11) is 0. The van der Waals surface area contributed by atoms with Gasteiger partial charge in [-0.3, -0.25) is 0 Å². The van der Waals surface area contributed by atoms with E-state index in [1.807, 2.05) is 36.4 Å². The molecule has 2 aromatic carbocycles. The van der Waals surface area contributed by atoms with E-state index in [1.54, 1.807) is 24.3 Å². The van der Waals surface area contributed by atoms with E-state index in [4.69, 9.17) is 0 Å². The molecule has 0 aliphatic heterocycles. The zero-order chi connectivity index (χ0) is 13.0. The summed E-state index contributed by atoms with van der Waals surface area (Å²) in [4.78, 5) is 0. The van der Waals surface area contributed by atoms with Crippen LogP contribution in [0, 0.1) is 0 Å². The minimum absolute atomic E-state index is 0.178. The first-order valence-electron chi connectivity index (χ1n) is 5.87. The summed E-state index contributed by atoms with van der Waals surface area (Å²) in [5, 5.41) is 20.2. The summed E-state index contributed by atoms with van der Waals surface area (Å²) < 4.78 is 0. The maximum atomic E-state index is 10.4. The summed E-state index contributed by atoms with van der Waals surface area (Å²) in [6, 6.07) is 16.4. The fraction of sp³-hybridized carbons (Fsp3) is 0.125.